The molecule has 1 aliphatic rings. The molecule has 1 aromatic heterocycles. The van der Waals surface area contributed by atoms with Gasteiger partial charge in [-0.1, -0.05) is 6.42 Å². The van der Waals surface area contributed by atoms with Crippen LogP contribution in [-0.2, 0) is 7.05 Å². The molecule has 0 saturated heterocycles. The van der Waals surface area contributed by atoms with Crippen LogP contribution in [0.1, 0.15) is 41.2 Å². The number of carbonyl (C=O) groups is 1. The van der Waals surface area contributed by atoms with Gasteiger partial charge in [0.05, 0.1) is 5.69 Å². The van der Waals surface area contributed by atoms with E-state index in [-0.39, 0.29) is 17.3 Å². The Morgan fingerprint density at radius 2 is 2.19 bits per heavy atom. The number of nitrogen functional groups attached to an aromatic ring is 1. The summed E-state index contributed by atoms with van der Waals surface area (Å²) in [5.41, 5.74) is 6.02. The maximum Gasteiger partial charge on any atom is 0.352 e. The number of nitrogens with two attached hydrogens (primary N) is 1. The molecule has 5 nitrogen and oxygen atoms in total. The van der Waals surface area contributed by atoms with Crippen LogP contribution in [0.25, 0.3) is 0 Å². The molecule has 3 N–H and O–H groups in total. The van der Waals surface area contributed by atoms with E-state index in [1.54, 1.807) is 0 Å². The Bertz CT molecular complexity index is 501. The first-order valence-corrected chi connectivity index (χ1v) is 5.25. The largest absolute Gasteiger partial charge is 0.477 e. The van der Waals surface area contributed by atoms with E-state index in [4.69, 9.17) is 10.8 Å². The number of carboxylic acid groups (broad SMARTS) is 1. The monoisotopic (exact) mass is 222 g/mol. The molecule has 0 spiro atoms. The zero-order chi connectivity index (χ0) is 11.9. The summed E-state index contributed by atoms with van der Waals surface area (Å²) in [5, 5.41) is 9.13. The molecular weight excluding hydrogens is 208 g/mol. The maximum atomic E-state index is 11.5. The minimum absolute atomic E-state index is 0.0731. The van der Waals surface area contributed by atoms with Crippen LogP contribution >= 0.6 is 0 Å². The van der Waals surface area contributed by atoms with Gasteiger partial charge in [-0.05, 0) is 30.4 Å². The van der Waals surface area contributed by atoms with E-state index in [1.165, 1.54) is 13.1 Å². The number of hydrogen-bond donors (Lipinski definition) is 2. The molecule has 86 valence electrons. The van der Waals surface area contributed by atoms with Crippen LogP contribution in [-0.4, -0.2) is 15.6 Å². The molecule has 0 unspecified atom stereocenters. The molecule has 0 atom stereocenters. The normalized spacial score (nSPS) is 15.8. The van der Waals surface area contributed by atoms with Gasteiger partial charge >= 0.3 is 5.97 Å². The van der Waals surface area contributed by atoms with Crippen LogP contribution in [0.2, 0.25) is 0 Å². The molecule has 1 heterocycles. The van der Waals surface area contributed by atoms with Crippen LogP contribution in [0, 0.1) is 0 Å². The van der Waals surface area contributed by atoms with E-state index < -0.39 is 11.5 Å². The van der Waals surface area contributed by atoms with Gasteiger partial charge in [-0.2, -0.15) is 0 Å². The lowest BCUT2D eigenvalue weighted by atomic mass is 9.79. The number of rotatable bonds is 2. The predicted molar refractivity (Wildman–Crippen MR) is 59.6 cm³/mol. The van der Waals surface area contributed by atoms with Crippen LogP contribution in [0.5, 0.6) is 0 Å². The van der Waals surface area contributed by atoms with Gasteiger partial charge in [0.1, 0.15) is 5.69 Å². The Morgan fingerprint density at radius 3 is 2.62 bits per heavy atom. The Hall–Kier alpha value is -1.78. The molecule has 0 aromatic carbocycles. The first-order valence-electron chi connectivity index (χ1n) is 5.25. The summed E-state index contributed by atoms with van der Waals surface area (Å²) in [5.74, 6) is -0.832. The molecule has 0 bridgehead atoms. The summed E-state index contributed by atoms with van der Waals surface area (Å²) >= 11 is 0. The minimum atomic E-state index is -1.07. The molecule has 5 heteroatoms. The fourth-order valence-corrected chi connectivity index (χ4v) is 2.08. The molecule has 1 aromatic rings. The summed E-state index contributed by atoms with van der Waals surface area (Å²) in [4.78, 5) is 22.7. The topological polar surface area (TPSA) is 85.3 Å². The van der Waals surface area contributed by atoms with Crippen LogP contribution < -0.4 is 11.3 Å². The van der Waals surface area contributed by atoms with Crippen molar-refractivity contribution in [2.75, 3.05) is 5.73 Å². The fourth-order valence-electron chi connectivity index (χ4n) is 2.08. The standard InChI is InChI=1S/C11H14N2O3/c1-13-9(11(15)16)7(6-3-2-4-6)5-8(12)10(13)14/h5-6H,2-4,12H2,1H3,(H,15,16). The third-order valence-electron chi connectivity index (χ3n) is 3.22. The molecule has 1 aliphatic carbocycles. The van der Waals surface area contributed by atoms with Crippen molar-refractivity contribution < 1.29 is 9.90 Å². The lowest BCUT2D eigenvalue weighted by molar-refractivity contribution is 0.0682. The summed E-state index contributed by atoms with van der Waals surface area (Å²) in [7, 11) is 1.45. The zero-order valence-corrected chi connectivity index (χ0v) is 9.06. The molecular formula is C11H14N2O3. The van der Waals surface area contributed by atoms with Gasteiger partial charge in [0.2, 0.25) is 0 Å². The molecule has 1 fully saturated rings. The number of pyridine rings is 1. The predicted octanol–water partition coefficient (Wildman–Crippen LogP) is 0.933. The highest BCUT2D eigenvalue weighted by Crippen LogP contribution is 2.38. The zero-order valence-electron chi connectivity index (χ0n) is 9.06. The van der Waals surface area contributed by atoms with Gasteiger partial charge in [-0.3, -0.25) is 4.79 Å². The van der Waals surface area contributed by atoms with E-state index in [9.17, 15) is 9.59 Å². The lowest BCUT2D eigenvalue weighted by Gasteiger charge is -2.27. The number of aromatic carboxylic acids is 1. The lowest BCUT2D eigenvalue weighted by Crippen LogP contribution is -2.29. The molecule has 0 radical (unpaired) electrons. The highest BCUT2D eigenvalue weighted by Gasteiger charge is 2.27. The van der Waals surface area contributed by atoms with E-state index in [0.29, 0.717) is 5.56 Å². The number of nitrogens with zero attached hydrogens (tertiary/aromatic N) is 1. The quantitative estimate of drug-likeness (QED) is 0.779. The van der Waals surface area contributed by atoms with Crippen LogP contribution in [0.4, 0.5) is 5.69 Å². The second-order valence-corrected chi connectivity index (χ2v) is 4.20. The Kier molecular flexibility index (Phi) is 2.46. The van der Waals surface area contributed by atoms with Crippen molar-refractivity contribution in [2.24, 2.45) is 7.05 Å². The summed E-state index contributed by atoms with van der Waals surface area (Å²) in [6, 6.07) is 1.52. The van der Waals surface area contributed by atoms with Crippen LogP contribution in [0.15, 0.2) is 10.9 Å². The highest BCUT2D eigenvalue weighted by atomic mass is 16.4. The van der Waals surface area contributed by atoms with Crippen molar-refractivity contribution in [3.63, 3.8) is 0 Å². The van der Waals surface area contributed by atoms with E-state index in [0.717, 1.165) is 23.8 Å². The van der Waals surface area contributed by atoms with Gasteiger partial charge in [0.15, 0.2) is 0 Å². The number of hydrogen-bond acceptors (Lipinski definition) is 3. The Balaban J connectivity index is 2.66. The second-order valence-electron chi connectivity index (χ2n) is 4.20. The number of anilines is 1. The third-order valence-corrected chi connectivity index (χ3v) is 3.22. The van der Waals surface area contributed by atoms with Gasteiger partial charge in [-0.25, -0.2) is 4.79 Å². The first-order chi connectivity index (χ1) is 7.52. The second kappa shape index (κ2) is 3.66. The van der Waals surface area contributed by atoms with Gasteiger partial charge < -0.3 is 15.4 Å². The first kappa shape index (κ1) is 10.7. The maximum absolute atomic E-state index is 11.5. The van der Waals surface area contributed by atoms with Crippen molar-refractivity contribution in [1.29, 1.82) is 0 Å². The number of carboxylic acids is 1. The molecule has 0 amide bonds. The Labute approximate surface area is 92.5 Å². The average Bonchev–Trinajstić information content (AvgIpc) is 2.11. The smallest absolute Gasteiger partial charge is 0.352 e. The van der Waals surface area contributed by atoms with Gasteiger partial charge in [0.25, 0.3) is 5.56 Å². The fraction of sp³-hybridized carbons (Fsp3) is 0.455. The van der Waals surface area contributed by atoms with Crippen LogP contribution in [0.3, 0.4) is 0 Å². The van der Waals surface area contributed by atoms with Crippen molar-refractivity contribution >= 4 is 11.7 Å². The van der Waals surface area contributed by atoms with Crippen molar-refractivity contribution in [3.05, 3.63) is 27.7 Å². The molecule has 1 saturated carbocycles. The molecule has 16 heavy (non-hydrogen) atoms. The summed E-state index contributed by atoms with van der Waals surface area (Å²) < 4.78 is 1.13. The molecule has 0 aliphatic heterocycles. The Morgan fingerprint density at radius 1 is 1.56 bits per heavy atom. The highest BCUT2D eigenvalue weighted by molar-refractivity contribution is 5.88. The number of aromatic nitrogens is 1. The third kappa shape index (κ3) is 1.48. The summed E-state index contributed by atoms with van der Waals surface area (Å²) in [6.45, 7) is 0. The van der Waals surface area contributed by atoms with Gasteiger partial charge in [0, 0.05) is 7.05 Å². The average molecular weight is 222 g/mol. The SMILES string of the molecule is Cn1c(C(=O)O)c(C2CCC2)cc(N)c1=O. The van der Waals surface area contributed by atoms with Crippen molar-refractivity contribution in [2.45, 2.75) is 25.2 Å². The van der Waals surface area contributed by atoms with Crippen molar-refractivity contribution in [3.8, 4) is 0 Å². The van der Waals surface area contributed by atoms with Crippen molar-refractivity contribution in [1.82, 2.24) is 4.57 Å². The minimum Gasteiger partial charge on any atom is -0.477 e. The van der Waals surface area contributed by atoms with E-state index in [1.807, 2.05) is 0 Å². The van der Waals surface area contributed by atoms with Gasteiger partial charge in [-0.15, -0.1) is 0 Å². The van der Waals surface area contributed by atoms with E-state index >= 15 is 0 Å². The molecule has 2 rings (SSSR count). The van der Waals surface area contributed by atoms with E-state index in [2.05, 4.69) is 0 Å². The summed E-state index contributed by atoms with van der Waals surface area (Å²) in [6.07, 6.45) is 3.04.